The van der Waals surface area contributed by atoms with Crippen LogP contribution in [0.25, 0.3) is 0 Å². The van der Waals surface area contributed by atoms with Gasteiger partial charge in [-0.05, 0) is 35.4 Å². The average molecular weight is 404 g/mol. The number of rotatable bonds is 6. The molecule has 0 heterocycles. The van der Waals surface area contributed by atoms with Crippen molar-refractivity contribution >= 4 is 35.7 Å². The van der Waals surface area contributed by atoms with Gasteiger partial charge >= 0.3 is 11.9 Å². The second-order valence-corrected chi connectivity index (χ2v) is 6.20. The highest BCUT2D eigenvalue weighted by Gasteiger charge is 2.10. The first-order valence-electron chi connectivity index (χ1n) is 8.64. The van der Waals surface area contributed by atoms with Crippen LogP contribution in [0.2, 0.25) is 0 Å². The minimum atomic E-state index is -1.15. The van der Waals surface area contributed by atoms with E-state index < -0.39 is 11.9 Å². The first kappa shape index (κ1) is 20.3. The SMILES string of the molecule is O=C(O)c1ccc(O)cc1N=Cc1ccc(C=Nc2cc(O)ccc2C(=O)O)cc1. The van der Waals surface area contributed by atoms with Crippen LogP contribution in [0.15, 0.2) is 70.6 Å². The lowest BCUT2D eigenvalue weighted by Gasteiger charge is -2.02. The average Bonchev–Trinajstić information content (AvgIpc) is 2.71. The monoisotopic (exact) mass is 404 g/mol. The molecule has 0 fully saturated rings. The number of aromatic hydroxyl groups is 2. The molecule has 30 heavy (non-hydrogen) atoms. The van der Waals surface area contributed by atoms with E-state index in [0.717, 1.165) is 0 Å². The van der Waals surface area contributed by atoms with E-state index in [1.54, 1.807) is 24.3 Å². The summed E-state index contributed by atoms with van der Waals surface area (Å²) < 4.78 is 0. The number of benzene rings is 3. The summed E-state index contributed by atoms with van der Waals surface area (Å²) in [4.78, 5) is 30.7. The first-order valence-corrected chi connectivity index (χ1v) is 8.64. The van der Waals surface area contributed by atoms with Crippen molar-refractivity contribution in [1.29, 1.82) is 0 Å². The fourth-order valence-corrected chi connectivity index (χ4v) is 2.57. The van der Waals surface area contributed by atoms with E-state index >= 15 is 0 Å². The van der Waals surface area contributed by atoms with E-state index in [2.05, 4.69) is 9.98 Å². The number of carboxylic acid groups (broad SMARTS) is 2. The number of nitrogens with zero attached hydrogens (tertiary/aromatic N) is 2. The summed E-state index contributed by atoms with van der Waals surface area (Å²) in [7, 11) is 0. The van der Waals surface area contributed by atoms with Gasteiger partial charge in [-0.25, -0.2) is 9.59 Å². The van der Waals surface area contributed by atoms with Crippen LogP contribution in [0.3, 0.4) is 0 Å². The Morgan fingerprint density at radius 2 is 1.00 bits per heavy atom. The van der Waals surface area contributed by atoms with Crippen molar-refractivity contribution in [3.63, 3.8) is 0 Å². The Balaban J connectivity index is 1.80. The van der Waals surface area contributed by atoms with Gasteiger partial charge in [0.1, 0.15) is 11.5 Å². The van der Waals surface area contributed by atoms with Gasteiger partial charge in [-0.1, -0.05) is 24.3 Å². The zero-order valence-corrected chi connectivity index (χ0v) is 15.4. The van der Waals surface area contributed by atoms with Crippen LogP contribution in [0.4, 0.5) is 11.4 Å². The Morgan fingerprint density at radius 3 is 1.33 bits per heavy atom. The summed E-state index contributed by atoms with van der Waals surface area (Å²) in [6.07, 6.45) is 2.92. The van der Waals surface area contributed by atoms with Gasteiger partial charge in [0, 0.05) is 24.6 Å². The third kappa shape index (κ3) is 4.87. The Labute approximate surface area is 170 Å². The lowest BCUT2D eigenvalue weighted by atomic mass is 10.1. The fraction of sp³-hybridized carbons (Fsp3) is 0. The van der Waals surface area contributed by atoms with Crippen molar-refractivity contribution in [3.05, 3.63) is 82.9 Å². The number of aliphatic imine (C=N–C) groups is 2. The van der Waals surface area contributed by atoms with Gasteiger partial charge in [-0.15, -0.1) is 0 Å². The van der Waals surface area contributed by atoms with Crippen LogP contribution < -0.4 is 0 Å². The molecule has 8 heteroatoms. The number of hydrogen-bond donors (Lipinski definition) is 4. The van der Waals surface area contributed by atoms with Crippen molar-refractivity contribution in [2.45, 2.75) is 0 Å². The molecule has 0 aliphatic carbocycles. The molecule has 0 radical (unpaired) electrons. The van der Waals surface area contributed by atoms with E-state index in [9.17, 15) is 30.0 Å². The van der Waals surface area contributed by atoms with Crippen molar-refractivity contribution in [2.24, 2.45) is 9.98 Å². The second kappa shape index (κ2) is 8.70. The van der Waals surface area contributed by atoms with Crippen molar-refractivity contribution < 1.29 is 30.0 Å². The number of phenols is 2. The molecule has 0 saturated carbocycles. The predicted molar refractivity (Wildman–Crippen MR) is 111 cm³/mol. The number of phenolic OH excluding ortho intramolecular Hbond substituents is 2. The lowest BCUT2D eigenvalue weighted by molar-refractivity contribution is 0.0687. The maximum absolute atomic E-state index is 11.2. The molecule has 0 spiro atoms. The highest BCUT2D eigenvalue weighted by atomic mass is 16.4. The maximum atomic E-state index is 11.2. The largest absolute Gasteiger partial charge is 0.508 e. The quantitative estimate of drug-likeness (QED) is 0.458. The molecule has 0 aromatic heterocycles. The molecule has 0 unspecified atom stereocenters. The summed E-state index contributed by atoms with van der Waals surface area (Å²) in [5, 5.41) is 37.5. The molecule has 0 aliphatic heterocycles. The molecule has 150 valence electrons. The van der Waals surface area contributed by atoms with Crippen LogP contribution in [-0.4, -0.2) is 44.8 Å². The zero-order chi connectivity index (χ0) is 21.7. The molecule has 3 rings (SSSR count). The van der Waals surface area contributed by atoms with Crippen molar-refractivity contribution in [3.8, 4) is 11.5 Å². The number of aromatic carboxylic acids is 2. The molecule has 0 bridgehead atoms. The van der Waals surface area contributed by atoms with Gasteiger partial charge in [-0.2, -0.15) is 0 Å². The molecular formula is C22H16N2O6. The van der Waals surface area contributed by atoms with Gasteiger partial charge in [0.2, 0.25) is 0 Å². The first-order chi connectivity index (χ1) is 14.3. The summed E-state index contributed by atoms with van der Waals surface area (Å²) in [6.45, 7) is 0. The summed E-state index contributed by atoms with van der Waals surface area (Å²) >= 11 is 0. The molecule has 0 saturated heterocycles. The topological polar surface area (TPSA) is 140 Å². The highest BCUT2D eigenvalue weighted by molar-refractivity contribution is 5.96. The van der Waals surface area contributed by atoms with E-state index in [0.29, 0.717) is 11.1 Å². The van der Waals surface area contributed by atoms with Crippen LogP contribution >= 0.6 is 0 Å². The van der Waals surface area contributed by atoms with Crippen LogP contribution in [0, 0.1) is 0 Å². The third-order valence-electron chi connectivity index (χ3n) is 4.07. The normalized spacial score (nSPS) is 11.2. The van der Waals surface area contributed by atoms with Crippen LogP contribution in [0.1, 0.15) is 31.8 Å². The lowest BCUT2D eigenvalue weighted by Crippen LogP contribution is -1.96. The van der Waals surface area contributed by atoms with Gasteiger partial charge in [-0.3, -0.25) is 9.98 Å². The van der Waals surface area contributed by atoms with Gasteiger partial charge in [0.05, 0.1) is 22.5 Å². The fourth-order valence-electron chi connectivity index (χ4n) is 2.57. The van der Waals surface area contributed by atoms with Crippen molar-refractivity contribution in [2.75, 3.05) is 0 Å². The van der Waals surface area contributed by atoms with E-state index in [1.807, 2.05) is 0 Å². The minimum absolute atomic E-state index is 0.0341. The summed E-state index contributed by atoms with van der Waals surface area (Å²) in [6, 6.07) is 14.5. The van der Waals surface area contributed by atoms with Crippen LogP contribution in [0.5, 0.6) is 11.5 Å². The standard InChI is InChI=1S/C22H16N2O6/c25-15-5-7-17(21(27)28)19(9-15)23-11-13-1-2-14(4-3-13)12-24-20-10-16(26)6-8-18(20)22(29)30/h1-12,25-26H,(H,27,28)(H,29,30). The van der Waals surface area contributed by atoms with Gasteiger partial charge in [0.15, 0.2) is 0 Å². The maximum Gasteiger partial charge on any atom is 0.337 e. The number of hydrogen-bond acceptors (Lipinski definition) is 6. The number of carboxylic acids is 2. The molecular weight excluding hydrogens is 388 g/mol. The third-order valence-corrected chi connectivity index (χ3v) is 4.07. The van der Waals surface area contributed by atoms with E-state index in [1.165, 1.54) is 48.8 Å². The molecule has 8 nitrogen and oxygen atoms in total. The van der Waals surface area contributed by atoms with Crippen molar-refractivity contribution in [1.82, 2.24) is 0 Å². The Hall–Kier alpha value is -4.46. The Morgan fingerprint density at radius 1 is 0.633 bits per heavy atom. The minimum Gasteiger partial charge on any atom is -0.508 e. The molecule has 3 aromatic rings. The summed E-state index contributed by atoms with van der Waals surface area (Å²) in [5.41, 5.74) is 1.53. The van der Waals surface area contributed by atoms with Gasteiger partial charge in [0.25, 0.3) is 0 Å². The van der Waals surface area contributed by atoms with E-state index in [4.69, 9.17) is 0 Å². The van der Waals surface area contributed by atoms with E-state index in [-0.39, 0.29) is 34.0 Å². The molecule has 0 amide bonds. The van der Waals surface area contributed by atoms with Crippen LogP contribution in [-0.2, 0) is 0 Å². The molecule has 4 N–H and O–H groups in total. The Bertz CT molecular complexity index is 1070. The molecule has 3 aromatic carbocycles. The second-order valence-electron chi connectivity index (χ2n) is 6.20. The number of carbonyl (C=O) groups is 2. The highest BCUT2D eigenvalue weighted by Crippen LogP contribution is 2.25. The molecule has 0 atom stereocenters. The van der Waals surface area contributed by atoms with Gasteiger partial charge < -0.3 is 20.4 Å². The Kier molecular flexibility index (Phi) is 5.88. The zero-order valence-electron chi connectivity index (χ0n) is 15.4. The smallest absolute Gasteiger partial charge is 0.337 e. The summed E-state index contributed by atoms with van der Waals surface area (Å²) in [5.74, 6) is -2.49. The predicted octanol–water partition coefficient (Wildman–Crippen LogP) is 4.00. The molecule has 0 aliphatic rings.